The third kappa shape index (κ3) is 4.44. The van der Waals surface area contributed by atoms with Gasteiger partial charge in [0.25, 0.3) is 5.69 Å². The summed E-state index contributed by atoms with van der Waals surface area (Å²) in [5, 5.41) is 11.7. The Morgan fingerprint density at radius 3 is 2.86 bits per heavy atom. The zero-order valence-electron chi connectivity index (χ0n) is 10.8. The third-order valence-electron chi connectivity index (χ3n) is 2.36. The number of hydrogen-bond acceptors (Lipinski definition) is 5. The van der Waals surface area contributed by atoms with E-state index in [-0.39, 0.29) is 17.4 Å². The SMILES string of the molecule is NC(CCl)=Nc1cc(Sc2ccccn2)cc([N+](=O)[O-])c1. The number of halogens is 1. The fraction of sp³-hybridized carbons (Fsp3) is 0.0769. The molecule has 1 aromatic carbocycles. The van der Waals surface area contributed by atoms with Crippen LogP contribution in [0.15, 0.2) is 57.5 Å². The lowest BCUT2D eigenvalue weighted by molar-refractivity contribution is -0.385. The smallest absolute Gasteiger partial charge is 0.272 e. The van der Waals surface area contributed by atoms with E-state index < -0.39 is 4.92 Å². The van der Waals surface area contributed by atoms with Crippen molar-refractivity contribution in [1.29, 1.82) is 0 Å². The number of pyridine rings is 1. The van der Waals surface area contributed by atoms with E-state index in [4.69, 9.17) is 17.3 Å². The maximum atomic E-state index is 11.0. The molecule has 8 heteroatoms. The Hall–Kier alpha value is -2.12. The van der Waals surface area contributed by atoms with E-state index in [1.54, 1.807) is 18.3 Å². The minimum Gasteiger partial charge on any atom is -0.386 e. The summed E-state index contributed by atoms with van der Waals surface area (Å²) in [5.41, 5.74) is 5.89. The number of rotatable bonds is 5. The Balaban J connectivity index is 2.38. The van der Waals surface area contributed by atoms with Gasteiger partial charge in [0.15, 0.2) is 0 Å². The van der Waals surface area contributed by atoms with Crippen molar-refractivity contribution >= 4 is 40.6 Å². The Bertz CT molecular complexity index is 679. The van der Waals surface area contributed by atoms with Crippen molar-refractivity contribution in [3.63, 3.8) is 0 Å². The van der Waals surface area contributed by atoms with E-state index in [0.717, 1.165) is 5.03 Å². The number of non-ortho nitro benzene ring substituents is 1. The van der Waals surface area contributed by atoms with E-state index in [1.807, 2.05) is 12.1 Å². The van der Waals surface area contributed by atoms with Gasteiger partial charge in [-0.3, -0.25) is 10.1 Å². The monoisotopic (exact) mass is 322 g/mol. The van der Waals surface area contributed by atoms with Gasteiger partial charge in [0.2, 0.25) is 0 Å². The molecule has 2 N–H and O–H groups in total. The number of nitrogens with zero attached hydrogens (tertiary/aromatic N) is 3. The minimum atomic E-state index is -0.474. The van der Waals surface area contributed by atoms with Gasteiger partial charge in [-0.25, -0.2) is 9.98 Å². The van der Waals surface area contributed by atoms with Crippen molar-refractivity contribution < 1.29 is 4.92 Å². The van der Waals surface area contributed by atoms with E-state index in [0.29, 0.717) is 10.6 Å². The topological polar surface area (TPSA) is 94.4 Å². The number of nitro benzene ring substituents is 1. The number of nitro groups is 1. The normalized spacial score (nSPS) is 11.4. The van der Waals surface area contributed by atoms with Crippen LogP contribution in [0.2, 0.25) is 0 Å². The Morgan fingerprint density at radius 1 is 1.43 bits per heavy atom. The molecule has 0 aliphatic heterocycles. The van der Waals surface area contributed by atoms with Crippen LogP contribution in [-0.4, -0.2) is 21.6 Å². The summed E-state index contributed by atoms with van der Waals surface area (Å²) >= 11 is 6.88. The minimum absolute atomic E-state index is 0.0583. The number of nitrogens with two attached hydrogens (primary N) is 1. The average molecular weight is 323 g/mol. The largest absolute Gasteiger partial charge is 0.386 e. The lowest BCUT2D eigenvalue weighted by atomic mass is 10.3. The molecule has 108 valence electrons. The van der Waals surface area contributed by atoms with Gasteiger partial charge in [0.1, 0.15) is 10.9 Å². The number of amidine groups is 1. The van der Waals surface area contributed by atoms with Gasteiger partial charge in [-0.1, -0.05) is 17.8 Å². The fourth-order valence-corrected chi connectivity index (χ4v) is 2.44. The van der Waals surface area contributed by atoms with Gasteiger partial charge in [0, 0.05) is 23.2 Å². The molecule has 1 heterocycles. The van der Waals surface area contributed by atoms with Crippen LogP contribution in [0, 0.1) is 10.1 Å². The van der Waals surface area contributed by atoms with Crippen molar-refractivity contribution in [2.24, 2.45) is 10.7 Å². The predicted octanol–water partition coefficient (Wildman–Crippen LogP) is 3.37. The molecule has 0 amide bonds. The van der Waals surface area contributed by atoms with Crippen LogP contribution in [0.1, 0.15) is 0 Å². The summed E-state index contributed by atoms with van der Waals surface area (Å²) in [4.78, 5) is 19.4. The lowest BCUT2D eigenvalue weighted by Crippen LogP contribution is -2.12. The van der Waals surface area contributed by atoms with Crippen LogP contribution in [0.5, 0.6) is 0 Å². The van der Waals surface area contributed by atoms with Crippen molar-refractivity contribution in [2.75, 3.05) is 5.88 Å². The number of benzene rings is 1. The first-order valence-electron chi connectivity index (χ1n) is 5.86. The summed E-state index contributed by atoms with van der Waals surface area (Å²) in [5.74, 6) is 0.261. The molecule has 0 radical (unpaired) electrons. The van der Waals surface area contributed by atoms with Crippen LogP contribution in [-0.2, 0) is 0 Å². The molecule has 0 aliphatic carbocycles. The molecule has 0 fully saturated rings. The average Bonchev–Trinajstić information content (AvgIpc) is 2.47. The molecule has 1 aromatic heterocycles. The second-order valence-corrected chi connectivity index (χ2v) is 5.31. The molecule has 0 saturated carbocycles. The zero-order valence-corrected chi connectivity index (χ0v) is 12.3. The van der Waals surface area contributed by atoms with E-state index in [9.17, 15) is 10.1 Å². The van der Waals surface area contributed by atoms with Crippen molar-refractivity contribution in [1.82, 2.24) is 4.98 Å². The molecule has 2 rings (SSSR count). The quantitative estimate of drug-likeness (QED) is 0.299. The highest BCUT2D eigenvalue weighted by atomic mass is 35.5. The molecule has 0 bridgehead atoms. The number of hydrogen-bond donors (Lipinski definition) is 1. The van der Waals surface area contributed by atoms with Crippen LogP contribution < -0.4 is 5.73 Å². The molecule has 0 atom stereocenters. The summed E-state index contributed by atoms with van der Waals surface area (Å²) < 4.78 is 0. The molecule has 6 nitrogen and oxygen atoms in total. The molecule has 0 unspecified atom stereocenters. The number of aromatic nitrogens is 1. The summed E-state index contributed by atoms with van der Waals surface area (Å²) in [6.45, 7) is 0. The number of aliphatic imine (C=N–C) groups is 1. The second kappa shape index (κ2) is 7.05. The summed E-state index contributed by atoms with van der Waals surface area (Å²) in [6, 6.07) is 9.98. The van der Waals surface area contributed by atoms with Gasteiger partial charge >= 0.3 is 0 Å². The molecule has 0 aliphatic rings. The van der Waals surface area contributed by atoms with Crippen molar-refractivity contribution in [3.8, 4) is 0 Å². The van der Waals surface area contributed by atoms with Crippen LogP contribution in [0.4, 0.5) is 11.4 Å². The first-order chi connectivity index (χ1) is 10.1. The van der Waals surface area contributed by atoms with E-state index >= 15 is 0 Å². The van der Waals surface area contributed by atoms with Gasteiger partial charge in [-0.2, -0.15) is 0 Å². The highest BCUT2D eigenvalue weighted by molar-refractivity contribution is 7.99. The van der Waals surface area contributed by atoms with Crippen LogP contribution in [0.25, 0.3) is 0 Å². The highest BCUT2D eigenvalue weighted by Crippen LogP contribution is 2.32. The molecule has 0 saturated heterocycles. The molecule has 21 heavy (non-hydrogen) atoms. The first kappa shape index (κ1) is 15.3. The van der Waals surface area contributed by atoms with Crippen LogP contribution in [0.3, 0.4) is 0 Å². The second-order valence-electron chi connectivity index (χ2n) is 3.95. The van der Waals surface area contributed by atoms with Gasteiger partial charge in [0.05, 0.1) is 16.5 Å². The number of alkyl halides is 1. The van der Waals surface area contributed by atoms with Crippen molar-refractivity contribution in [2.45, 2.75) is 9.92 Å². The highest BCUT2D eigenvalue weighted by Gasteiger charge is 2.11. The van der Waals surface area contributed by atoms with E-state index in [2.05, 4.69) is 9.98 Å². The van der Waals surface area contributed by atoms with Crippen LogP contribution >= 0.6 is 23.4 Å². The summed E-state index contributed by atoms with van der Waals surface area (Å²) in [6.07, 6.45) is 1.66. The van der Waals surface area contributed by atoms with Gasteiger partial charge < -0.3 is 5.73 Å². The summed E-state index contributed by atoms with van der Waals surface area (Å²) in [7, 11) is 0. The Kier molecular flexibility index (Phi) is 5.13. The third-order valence-corrected chi connectivity index (χ3v) is 3.55. The van der Waals surface area contributed by atoms with Gasteiger partial charge in [-0.15, -0.1) is 11.6 Å². The molecule has 0 spiro atoms. The maximum Gasteiger partial charge on any atom is 0.272 e. The molecule has 2 aromatic rings. The Labute approximate surface area is 130 Å². The fourth-order valence-electron chi connectivity index (χ4n) is 1.52. The van der Waals surface area contributed by atoms with E-state index in [1.165, 1.54) is 23.9 Å². The lowest BCUT2D eigenvalue weighted by Gasteiger charge is -2.03. The Morgan fingerprint density at radius 2 is 2.24 bits per heavy atom. The van der Waals surface area contributed by atoms with Gasteiger partial charge in [-0.05, 0) is 18.2 Å². The predicted molar refractivity (Wildman–Crippen MR) is 83.5 cm³/mol. The zero-order chi connectivity index (χ0) is 15.2. The molecular formula is C13H11ClN4O2S. The van der Waals surface area contributed by atoms with Crippen molar-refractivity contribution in [3.05, 3.63) is 52.7 Å². The first-order valence-corrected chi connectivity index (χ1v) is 7.21. The molecular weight excluding hydrogens is 312 g/mol. The maximum absolute atomic E-state index is 11.0. The standard InChI is InChI=1S/C13H11ClN4O2S/c14-8-12(15)17-9-5-10(18(19)20)7-11(6-9)21-13-3-1-2-4-16-13/h1-7H,8H2,(H2,15,17).